The lowest BCUT2D eigenvalue weighted by molar-refractivity contribution is 0.182. The first-order valence-electron chi connectivity index (χ1n) is 5.55. The third-order valence-electron chi connectivity index (χ3n) is 2.72. The molecule has 1 aromatic carbocycles. The monoisotopic (exact) mass is 310 g/mol. The summed E-state index contributed by atoms with van der Waals surface area (Å²) in [5, 5.41) is 10.2. The summed E-state index contributed by atoms with van der Waals surface area (Å²) in [4.78, 5) is 2.24. The average Bonchev–Trinajstić information content (AvgIpc) is 2.59. The van der Waals surface area contributed by atoms with Gasteiger partial charge in [0, 0.05) is 20.6 Å². The third-order valence-corrected chi connectivity index (χ3v) is 4.95. The smallest absolute Gasteiger partial charge is 0.0922 e. The van der Waals surface area contributed by atoms with Crippen molar-refractivity contribution in [3.63, 3.8) is 0 Å². The molecule has 1 atom stereocenters. The molecule has 1 unspecified atom stereocenters. The van der Waals surface area contributed by atoms with E-state index in [1.165, 1.54) is 16.0 Å². The third kappa shape index (κ3) is 3.18. The minimum absolute atomic E-state index is 0.410. The van der Waals surface area contributed by atoms with Gasteiger partial charge in [0.05, 0.1) is 6.10 Å². The zero-order chi connectivity index (χ0) is 12.4. The van der Waals surface area contributed by atoms with E-state index >= 15 is 0 Å². The van der Waals surface area contributed by atoms with E-state index in [0.29, 0.717) is 6.42 Å². The van der Waals surface area contributed by atoms with Crippen LogP contribution in [0.5, 0.6) is 0 Å². The van der Waals surface area contributed by atoms with E-state index < -0.39 is 6.10 Å². The Bertz CT molecular complexity index is 499. The van der Waals surface area contributed by atoms with Crippen LogP contribution in [0.15, 0.2) is 34.8 Å². The van der Waals surface area contributed by atoms with Crippen molar-refractivity contribution in [1.29, 1.82) is 0 Å². The van der Waals surface area contributed by atoms with Crippen LogP contribution >= 0.6 is 27.3 Å². The second-order valence-electron chi connectivity index (χ2n) is 4.26. The number of hydrogen-bond donors (Lipinski definition) is 1. The minimum Gasteiger partial charge on any atom is -0.387 e. The van der Waals surface area contributed by atoms with Crippen LogP contribution in [0, 0.1) is 13.8 Å². The Hall–Kier alpha value is -0.640. The molecule has 0 radical (unpaired) electrons. The average molecular weight is 311 g/mol. The van der Waals surface area contributed by atoms with Gasteiger partial charge >= 0.3 is 0 Å². The molecule has 0 bridgehead atoms. The van der Waals surface area contributed by atoms with Crippen LogP contribution in [0.1, 0.15) is 27.0 Å². The molecular weight excluding hydrogens is 296 g/mol. The van der Waals surface area contributed by atoms with E-state index in [2.05, 4.69) is 48.0 Å². The maximum atomic E-state index is 10.2. The van der Waals surface area contributed by atoms with Crippen molar-refractivity contribution in [2.45, 2.75) is 26.4 Å². The molecule has 0 fully saturated rings. The molecule has 0 spiro atoms. The number of benzene rings is 1. The fourth-order valence-corrected chi connectivity index (χ4v) is 3.36. The fourth-order valence-electron chi connectivity index (χ4n) is 1.81. The van der Waals surface area contributed by atoms with Gasteiger partial charge in [0.15, 0.2) is 0 Å². The molecule has 1 aromatic heterocycles. The Balaban J connectivity index is 2.14. The van der Waals surface area contributed by atoms with Crippen molar-refractivity contribution in [3.05, 3.63) is 55.7 Å². The second-order valence-corrected chi connectivity index (χ2v) is 6.40. The topological polar surface area (TPSA) is 20.2 Å². The first kappa shape index (κ1) is 12.8. The lowest BCUT2D eigenvalue weighted by atomic mass is 10.0. The van der Waals surface area contributed by atoms with Crippen LogP contribution in [-0.2, 0) is 6.42 Å². The quantitative estimate of drug-likeness (QED) is 0.890. The highest BCUT2D eigenvalue weighted by Crippen LogP contribution is 2.32. The molecule has 0 saturated carbocycles. The molecule has 17 heavy (non-hydrogen) atoms. The van der Waals surface area contributed by atoms with Crippen LogP contribution in [0.25, 0.3) is 0 Å². The first-order chi connectivity index (χ1) is 8.06. The van der Waals surface area contributed by atoms with Crippen molar-refractivity contribution < 1.29 is 5.11 Å². The summed E-state index contributed by atoms with van der Waals surface area (Å²) in [6.45, 7) is 4.12. The van der Waals surface area contributed by atoms with E-state index in [4.69, 9.17) is 0 Å². The molecular formula is C14H15BrOS. The lowest BCUT2D eigenvalue weighted by Gasteiger charge is -2.08. The van der Waals surface area contributed by atoms with E-state index in [1.807, 2.05) is 12.1 Å². The molecule has 0 amide bonds. The Morgan fingerprint density at radius 3 is 2.65 bits per heavy atom. The van der Waals surface area contributed by atoms with Crippen molar-refractivity contribution >= 4 is 27.3 Å². The number of hydrogen-bond acceptors (Lipinski definition) is 2. The maximum Gasteiger partial charge on any atom is 0.0922 e. The Labute approximate surface area is 114 Å². The zero-order valence-corrected chi connectivity index (χ0v) is 12.3. The van der Waals surface area contributed by atoms with Crippen LogP contribution in [0.2, 0.25) is 0 Å². The largest absolute Gasteiger partial charge is 0.387 e. The molecule has 0 aliphatic carbocycles. The summed E-state index contributed by atoms with van der Waals surface area (Å²) in [5.41, 5.74) is 2.41. The van der Waals surface area contributed by atoms with Crippen molar-refractivity contribution in [1.82, 2.24) is 0 Å². The zero-order valence-electron chi connectivity index (χ0n) is 9.90. The van der Waals surface area contributed by atoms with Gasteiger partial charge in [0.25, 0.3) is 0 Å². The summed E-state index contributed by atoms with van der Waals surface area (Å²) >= 11 is 5.13. The van der Waals surface area contributed by atoms with Gasteiger partial charge in [-0.15, -0.1) is 11.3 Å². The number of aryl methyl sites for hydroxylation is 2. The van der Waals surface area contributed by atoms with Gasteiger partial charge in [0.2, 0.25) is 0 Å². The summed E-state index contributed by atoms with van der Waals surface area (Å²) in [7, 11) is 0. The van der Waals surface area contributed by atoms with Crippen molar-refractivity contribution in [3.8, 4) is 0 Å². The first-order valence-corrected chi connectivity index (χ1v) is 7.16. The number of aliphatic hydroxyl groups is 1. The molecule has 0 aliphatic heterocycles. The standard InChI is InChI=1S/C14H15BrOS/c1-9-4-3-5-11(6-9)7-13(16)14-8-12(15)10(2)17-14/h3-6,8,13,16H,7H2,1-2H3. The minimum atomic E-state index is -0.410. The van der Waals surface area contributed by atoms with Gasteiger partial charge < -0.3 is 5.11 Å². The molecule has 2 aromatic rings. The molecule has 0 aliphatic rings. The predicted molar refractivity (Wildman–Crippen MR) is 76.6 cm³/mol. The predicted octanol–water partition coefficient (Wildman–Crippen LogP) is 4.40. The highest BCUT2D eigenvalue weighted by Gasteiger charge is 2.13. The molecule has 1 nitrogen and oxygen atoms in total. The van der Waals surface area contributed by atoms with E-state index in [1.54, 1.807) is 11.3 Å². The van der Waals surface area contributed by atoms with Crippen LogP contribution in [-0.4, -0.2) is 5.11 Å². The number of thiophene rings is 1. The van der Waals surface area contributed by atoms with Gasteiger partial charge in [-0.2, -0.15) is 0 Å². The van der Waals surface area contributed by atoms with E-state index in [9.17, 15) is 5.11 Å². The van der Waals surface area contributed by atoms with Crippen LogP contribution in [0.3, 0.4) is 0 Å². The Morgan fingerprint density at radius 2 is 2.06 bits per heavy atom. The van der Waals surface area contributed by atoms with Gasteiger partial charge in [-0.3, -0.25) is 0 Å². The fraction of sp³-hybridized carbons (Fsp3) is 0.286. The Kier molecular flexibility index (Phi) is 4.02. The Morgan fingerprint density at radius 1 is 1.29 bits per heavy atom. The van der Waals surface area contributed by atoms with E-state index in [0.717, 1.165) is 9.35 Å². The van der Waals surface area contributed by atoms with Crippen molar-refractivity contribution in [2.75, 3.05) is 0 Å². The van der Waals surface area contributed by atoms with Crippen LogP contribution in [0.4, 0.5) is 0 Å². The lowest BCUT2D eigenvalue weighted by Crippen LogP contribution is -1.99. The van der Waals surface area contributed by atoms with Gasteiger partial charge in [-0.25, -0.2) is 0 Å². The van der Waals surface area contributed by atoms with E-state index in [-0.39, 0.29) is 0 Å². The molecule has 0 saturated heterocycles. The SMILES string of the molecule is Cc1cccc(CC(O)c2cc(Br)c(C)s2)c1. The normalized spacial score (nSPS) is 12.7. The molecule has 90 valence electrons. The van der Waals surface area contributed by atoms with Crippen molar-refractivity contribution in [2.24, 2.45) is 0 Å². The molecule has 1 N–H and O–H groups in total. The summed E-state index contributed by atoms with van der Waals surface area (Å²) in [5.74, 6) is 0. The maximum absolute atomic E-state index is 10.2. The highest BCUT2D eigenvalue weighted by atomic mass is 79.9. The number of halogens is 1. The summed E-state index contributed by atoms with van der Waals surface area (Å²) in [6.07, 6.45) is 0.264. The summed E-state index contributed by atoms with van der Waals surface area (Å²) < 4.78 is 1.08. The molecule has 3 heteroatoms. The van der Waals surface area contributed by atoms with Gasteiger partial charge in [-0.05, 0) is 41.4 Å². The highest BCUT2D eigenvalue weighted by molar-refractivity contribution is 9.10. The molecule has 1 heterocycles. The van der Waals surface area contributed by atoms with Gasteiger partial charge in [0.1, 0.15) is 0 Å². The summed E-state index contributed by atoms with van der Waals surface area (Å²) in [6, 6.07) is 10.3. The van der Waals surface area contributed by atoms with Crippen LogP contribution < -0.4 is 0 Å². The van der Waals surface area contributed by atoms with Gasteiger partial charge in [-0.1, -0.05) is 29.8 Å². The number of aliphatic hydroxyl groups excluding tert-OH is 1. The molecule has 2 rings (SSSR count). The number of rotatable bonds is 3. The second kappa shape index (κ2) is 5.34.